The highest BCUT2D eigenvalue weighted by atomic mass is 35.5. The topological polar surface area (TPSA) is 20.2 Å². The van der Waals surface area contributed by atoms with E-state index in [0.717, 1.165) is 0 Å². The molecule has 1 atom stereocenters. The molecule has 0 saturated carbocycles. The van der Waals surface area contributed by atoms with Crippen LogP contribution in [0.1, 0.15) is 11.1 Å². The van der Waals surface area contributed by atoms with Gasteiger partial charge in [0.15, 0.2) is 5.60 Å². The molecule has 0 unspecified atom stereocenters. The normalized spacial score (nSPS) is 13.7. The molecule has 2 rings (SSSR count). The molecule has 0 amide bonds. The lowest BCUT2D eigenvalue weighted by Crippen LogP contribution is -2.25. The van der Waals surface area contributed by atoms with Crippen molar-refractivity contribution < 1.29 is 5.11 Å². The predicted molar refractivity (Wildman–Crippen MR) is 69.7 cm³/mol. The Balaban J connectivity index is 2.62. The van der Waals surface area contributed by atoms with E-state index in [9.17, 15) is 5.11 Å². The lowest BCUT2D eigenvalue weighted by molar-refractivity contribution is 0.145. The van der Waals surface area contributed by atoms with E-state index >= 15 is 0 Å². The summed E-state index contributed by atoms with van der Waals surface area (Å²) in [5.74, 6) is 2.42. The molecule has 84 valence electrons. The van der Waals surface area contributed by atoms with Crippen molar-refractivity contribution in [3.8, 4) is 12.3 Å². The lowest BCUT2D eigenvalue weighted by atomic mass is 9.87. The Hall–Kier alpha value is -1.75. The van der Waals surface area contributed by atoms with Crippen LogP contribution in [0.4, 0.5) is 0 Å². The summed E-state index contributed by atoms with van der Waals surface area (Å²) in [4.78, 5) is 0. The molecule has 17 heavy (non-hydrogen) atoms. The van der Waals surface area contributed by atoms with E-state index in [0.29, 0.717) is 16.1 Å². The van der Waals surface area contributed by atoms with E-state index in [-0.39, 0.29) is 0 Å². The molecule has 0 aliphatic carbocycles. The van der Waals surface area contributed by atoms with E-state index in [2.05, 4.69) is 5.92 Å². The molecule has 1 nitrogen and oxygen atoms in total. The molecular formula is C15H11ClO. The van der Waals surface area contributed by atoms with Gasteiger partial charge in [0.1, 0.15) is 0 Å². The summed E-state index contributed by atoms with van der Waals surface area (Å²) in [5.41, 5.74) is -0.328. The van der Waals surface area contributed by atoms with Crippen molar-refractivity contribution in [3.63, 3.8) is 0 Å². The summed E-state index contributed by atoms with van der Waals surface area (Å²) in [5, 5.41) is 11.1. The summed E-state index contributed by atoms with van der Waals surface area (Å²) in [6.45, 7) is 0. The zero-order valence-electron chi connectivity index (χ0n) is 9.10. The third-order valence-electron chi connectivity index (χ3n) is 2.66. The number of hydrogen-bond acceptors (Lipinski definition) is 1. The summed E-state index contributed by atoms with van der Waals surface area (Å²) in [6, 6.07) is 16.1. The minimum atomic E-state index is -1.49. The Labute approximate surface area is 106 Å². The molecule has 2 aromatic rings. The zero-order valence-corrected chi connectivity index (χ0v) is 9.85. The first-order chi connectivity index (χ1) is 8.18. The van der Waals surface area contributed by atoms with Gasteiger partial charge in [-0.05, 0) is 6.07 Å². The second-order valence-corrected chi connectivity index (χ2v) is 4.11. The van der Waals surface area contributed by atoms with Gasteiger partial charge in [-0.25, -0.2) is 0 Å². The van der Waals surface area contributed by atoms with Crippen LogP contribution >= 0.6 is 11.6 Å². The van der Waals surface area contributed by atoms with Crippen LogP contribution in [-0.4, -0.2) is 5.11 Å². The molecule has 0 spiro atoms. The quantitative estimate of drug-likeness (QED) is 0.802. The summed E-state index contributed by atoms with van der Waals surface area (Å²) >= 11 is 6.08. The molecule has 0 bridgehead atoms. The maximum absolute atomic E-state index is 10.6. The summed E-state index contributed by atoms with van der Waals surface area (Å²) < 4.78 is 0. The average molecular weight is 243 g/mol. The molecule has 0 radical (unpaired) electrons. The fraction of sp³-hybridized carbons (Fsp3) is 0.0667. The van der Waals surface area contributed by atoms with Gasteiger partial charge < -0.3 is 5.11 Å². The number of rotatable bonds is 2. The molecular weight excluding hydrogens is 232 g/mol. The van der Waals surface area contributed by atoms with E-state index in [4.69, 9.17) is 18.0 Å². The second kappa shape index (κ2) is 4.63. The second-order valence-electron chi connectivity index (χ2n) is 3.70. The SMILES string of the molecule is C#C[C@](O)(c1ccccc1)c1ccccc1Cl. The molecule has 0 fully saturated rings. The Bertz CT molecular complexity index is 557. The Morgan fingerprint density at radius 1 is 1.00 bits per heavy atom. The smallest absolute Gasteiger partial charge is 0.178 e. The Morgan fingerprint density at radius 2 is 1.59 bits per heavy atom. The molecule has 0 aromatic heterocycles. The minimum Gasteiger partial charge on any atom is -0.369 e. The number of hydrogen-bond donors (Lipinski definition) is 1. The fourth-order valence-electron chi connectivity index (χ4n) is 1.75. The lowest BCUT2D eigenvalue weighted by Gasteiger charge is -2.24. The number of halogens is 1. The number of benzene rings is 2. The highest BCUT2D eigenvalue weighted by molar-refractivity contribution is 6.31. The van der Waals surface area contributed by atoms with E-state index in [1.54, 1.807) is 36.4 Å². The Kier molecular flexibility index (Phi) is 3.19. The molecule has 0 aliphatic rings. The number of terminal acetylenes is 1. The largest absolute Gasteiger partial charge is 0.369 e. The maximum Gasteiger partial charge on any atom is 0.178 e. The highest BCUT2D eigenvalue weighted by Gasteiger charge is 2.30. The highest BCUT2D eigenvalue weighted by Crippen LogP contribution is 2.33. The van der Waals surface area contributed by atoms with Crippen LogP contribution in [0, 0.1) is 12.3 Å². The molecule has 1 N–H and O–H groups in total. The molecule has 0 heterocycles. The molecule has 2 aromatic carbocycles. The van der Waals surface area contributed by atoms with Gasteiger partial charge in [-0.1, -0.05) is 66.1 Å². The van der Waals surface area contributed by atoms with Gasteiger partial charge in [-0.2, -0.15) is 0 Å². The van der Waals surface area contributed by atoms with E-state index in [1.807, 2.05) is 18.2 Å². The van der Waals surface area contributed by atoms with Crippen molar-refractivity contribution in [2.45, 2.75) is 5.60 Å². The van der Waals surface area contributed by atoms with Crippen LogP contribution in [0.5, 0.6) is 0 Å². The van der Waals surface area contributed by atoms with Crippen molar-refractivity contribution in [1.82, 2.24) is 0 Å². The van der Waals surface area contributed by atoms with Gasteiger partial charge in [0.2, 0.25) is 0 Å². The van der Waals surface area contributed by atoms with Crippen molar-refractivity contribution in [2.24, 2.45) is 0 Å². The molecule has 2 heteroatoms. The van der Waals surface area contributed by atoms with E-state index in [1.165, 1.54) is 0 Å². The van der Waals surface area contributed by atoms with Gasteiger partial charge in [-0.15, -0.1) is 6.42 Å². The first kappa shape index (κ1) is 11.7. The van der Waals surface area contributed by atoms with Crippen LogP contribution in [0.25, 0.3) is 0 Å². The van der Waals surface area contributed by atoms with Gasteiger partial charge in [0.25, 0.3) is 0 Å². The standard InChI is InChI=1S/C15H11ClO/c1-2-15(17,12-8-4-3-5-9-12)13-10-6-7-11-14(13)16/h1,3-11,17H/t15-/m0/s1. The minimum absolute atomic E-state index is 0.455. The fourth-order valence-corrected chi connectivity index (χ4v) is 2.02. The maximum atomic E-state index is 10.6. The van der Waals surface area contributed by atoms with Gasteiger partial charge >= 0.3 is 0 Å². The first-order valence-electron chi connectivity index (χ1n) is 5.19. The van der Waals surface area contributed by atoms with Crippen molar-refractivity contribution in [1.29, 1.82) is 0 Å². The van der Waals surface area contributed by atoms with Gasteiger partial charge in [0, 0.05) is 16.1 Å². The average Bonchev–Trinajstić information content (AvgIpc) is 2.39. The first-order valence-corrected chi connectivity index (χ1v) is 5.57. The van der Waals surface area contributed by atoms with Crippen LogP contribution < -0.4 is 0 Å². The molecule has 0 saturated heterocycles. The summed E-state index contributed by atoms with van der Waals surface area (Å²) in [7, 11) is 0. The van der Waals surface area contributed by atoms with Crippen LogP contribution in [-0.2, 0) is 5.60 Å². The van der Waals surface area contributed by atoms with Gasteiger partial charge in [-0.3, -0.25) is 0 Å². The van der Waals surface area contributed by atoms with Crippen molar-refractivity contribution in [2.75, 3.05) is 0 Å². The summed E-state index contributed by atoms with van der Waals surface area (Å²) in [6.07, 6.45) is 5.48. The van der Waals surface area contributed by atoms with Crippen molar-refractivity contribution in [3.05, 3.63) is 70.7 Å². The molecule has 0 aliphatic heterocycles. The zero-order chi connectivity index (χ0) is 12.3. The third kappa shape index (κ3) is 2.06. The van der Waals surface area contributed by atoms with Crippen LogP contribution in [0.3, 0.4) is 0 Å². The monoisotopic (exact) mass is 242 g/mol. The van der Waals surface area contributed by atoms with Gasteiger partial charge in [0.05, 0.1) is 0 Å². The van der Waals surface area contributed by atoms with Crippen LogP contribution in [0.15, 0.2) is 54.6 Å². The van der Waals surface area contributed by atoms with Crippen LogP contribution in [0.2, 0.25) is 5.02 Å². The van der Waals surface area contributed by atoms with Crippen molar-refractivity contribution >= 4 is 11.6 Å². The van der Waals surface area contributed by atoms with E-state index < -0.39 is 5.60 Å². The predicted octanol–water partition coefficient (Wildman–Crippen LogP) is 3.21. The third-order valence-corrected chi connectivity index (χ3v) is 2.99. The Morgan fingerprint density at radius 3 is 2.18 bits per heavy atom. The number of aliphatic hydroxyl groups is 1.